The number of halogens is 4. The Morgan fingerprint density at radius 2 is 1.74 bits per heavy atom. The molecule has 1 amide bonds. The van der Waals surface area contributed by atoms with Crippen LogP contribution >= 0.6 is 23.4 Å². The monoisotopic (exact) mass is 578 g/mol. The lowest BCUT2D eigenvalue weighted by Gasteiger charge is -2.38. The van der Waals surface area contributed by atoms with Crippen LogP contribution in [0.15, 0.2) is 59.8 Å². The second kappa shape index (κ2) is 11.7. The van der Waals surface area contributed by atoms with Crippen molar-refractivity contribution in [3.05, 3.63) is 82.0 Å². The molecule has 0 radical (unpaired) electrons. The Balaban J connectivity index is 1.14. The van der Waals surface area contributed by atoms with E-state index in [1.165, 1.54) is 17.8 Å². The minimum atomic E-state index is -4.43. The van der Waals surface area contributed by atoms with Crippen molar-refractivity contribution in [2.45, 2.75) is 42.3 Å². The summed E-state index contributed by atoms with van der Waals surface area (Å²) >= 11 is 7.73. The van der Waals surface area contributed by atoms with Crippen molar-refractivity contribution in [3.63, 3.8) is 0 Å². The molecule has 1 N–H and O–H groups in total. The summed E-state index contributed by atoms with van der Waals surface area (Å²) in [5.41, 5.74) is 0.992. The topological polar surface area (TPSA) is 76.6 Å². The number of hydrogen-bond acceptors (Lipinski definition) is 7. The summed E-state index contributed by atoms with van der Waals surface area (Å²) < 4.78 is 50.3. The van der Waals surface area contributed by atoms with Crippen molar-refractivity contribution in [1.82, 2.24) is 15.3 Å². The average Bonchev–Trinajstić information content (AvgIpc) is 3.38. The number of carbonyl (C=O) groups is 1. The smallest absolute Gasteiger partial charge is 0.356 e. The van der Waals surface area contributed by atoms with E-state index in [0.717, 1.165) is 49.4 Å². The SMILES string of the molecule is O=C(NCc1cccc(C(F)(F)F)c1)c1ccc(CSc2nc(Cl)cc(N3CCC4(CC3)OCCO4)n2)cc1. The number of anilines is 1. The molecule has 12 heteroatoms. The lowest BCUT2D eigenvalue weighted by atomic mass is 10.0. The quantitative estimate of drug-likeness (QED) is 0.218. The van der Waals surface area contributed by atoms with Crippen LogP contribution in [0, 0.1) is 0 Å². The Morgan fingerprint density at radius 1 is 1.03 bits per heavy atom. The van der Waals surface area contributed by atoms with Gasteiger partial charge in [0, 0.05) is 49.9 Å². The van der Waals surface area contributed by atoms with Crippen molar-refractivity contribution in [1.29, 1.82) is 0 Å². The van der Waals surface area contributed by atoms with E-state index in [0.29, 0.717) is 40.4 Å². The van der Waals surface area contributed by atoms with Gasteiger partial charge < -0.3 is 19.7 Å². The third-order valence-electron chi connectivity index (χ3n) is 6.62. The molecule has 206 valence electrons. The highest BCUT2D eigenvalue weighted by Gasteiger charge is 2.40. The van der Waals surface area contributed by atoms with Gasteiger partial charge in [0.05, 0.1) is 18.8 Å². The van der Waals surface area contributed by atoms with Gasteiger partial charge in [-0.3, -0.25) is 4.79 Å². The molecule has 3 aromatic rings. The number of thioether (sulfide) groups is 1. The summed E-state index contributed by atoms with van der Waals surface area (Å²) in [6.45, 7) is 2.74. The van der Waals surface area contributed by atoms with Crippen LogP contribution in [0.5, 0.6) is 0 Å². The summed E-state index contributed by atoms with van der Waals surface area (Å²) in [5.74, 6) is 0.493. The zero-order chi connectivity index (χ0) is 27.5. The number of alkyl halides is 3. The Morgan fingerprint density at radius 3 is 2.44 bits per heavy atom. The molecule has 1 spiro atoms. The number of rotatable bonds is 7. The molecule has 5 rings (SSSR count). The first-order valence-corrected chi connectivity index (χ1v) is 13.8. The fraction of sp³-hybridized carbons (Fsp3) is 0.370. The van der Waals surface area contributed by atoms with Crippen LogP contribution in [0.2, 0.25) is 5.15 Å². The number of nitrogens with zero attached hydrogens (tertiary/aromatic N) is 3. The standard InChI is InChI=1S/C27H26ClF3N4O3S/c28-22-15-23(35-10-8-26(9-11-35)37-12-13-38-26)34-25(33-22)39-17-18-4-6-20(7-5-18)24(36)32-16-19-2-1-3-21(14-19)27(29,30)31/h1-7,14-15H,8-13,16-17H2,(H,32,36). The number of aromatic nitrogens is 2. The summed E-state index contributed by atoms with van der Waals surface area (Å²) in [6, 6.07) is 13.7. The molecule has 0 saturated carbocycles. The molecular formula is C27H26ClF3N4O3S. The maximum atomic E-state index is 12.9. The molecule has 1 aromatic heterocycles. The van der Waals surface area contributed by atoms with Gasteiger partial charge in [-0.05, 0) is 35.4 Å². The molecule has 2 fully saturated rings. The maximum absolute atomic E-state index is 12.9. The van der Waals surface area contributed by atoms with Crippen LogP contribution in [0.3, 0.4) is 0 Å². The lowest BCUT2D eigenvalue weighted by Crippen LogP contribution is -2.45. The van der Waals surface area contributed by atoms with Crippen molar-refractivity contribution < 1.29 is 27.4 Å². The van der Waals surface area contributed by atoms with E-state index in [-0.39, 0.29) is 12.5 Å². The number of carbonyl (C=O) groups excluding carboxylic acids is 1. The fourth-order valence-corrected chi connectivity index (χ4v) is 5.55. The molecule has 0 aliphatic carbocycles. The first-order valence-electron chi connectivity index (χ1n) is 12.4. The van der Waals surface area contributed by atoms with Gasteiger partial charge >= 0.3 is 6.18 Å². The van der Waals surface area contributed by atoms with E-state index in [4.69, 9.17) is 21.1 Å². The highest BCUT2D eigenvalue weighted by molar-refractivity contribution is 7.98. The zero-order valence-electron chi connectivity index (χ0n) is 20.8. The number of ether oxygens (including phenoxy) is 2. The lowest BCUT2D eigenvalue weighted by molar-refractivity contribution is -0.169. The normalized spacial score (nSPS) is 17.0. The average molecular weight is 579 g/mol. The van der Waals surface area contributed by atoms with Crippen LogP contribution in [-0.4, -0.2) is 48.0 Å². The molecule has 2 aliphatic rings. The molecule has 0 unspecified atom stereocenters. The van der Waals surface area contributed by atoms with E-state index in [1.807, 2.05) is 12.1 Å². The van der Waals surface area contributed by atoms with Crippen LogP contribution in [0.25, 0.3) is 0 Å². The number of nitrogens with one attached hydrogen (secondary N) is 1. The minimum Gasteiger partial charge on any atom is -0.356 e. The Bertz CT molecular complexity index is 1310. The number of benzene rings is 2. The van der Waals surface area contributed by atoms with Gasteiger partial charge in [-0.25, -0.2) is 9.97 Å². The van der Waals surface area contributed by atoms with Crippen LogP contribution in [0.4, 0.5) is 19.0 Å². The maximum Gasteiger partial charge on any atom is 0.416 e. The predicted molar refractivity (Wildman–Crippen MR) is 142 cm³/mol. The molecule has 0 bridgehead atoms. The molecular weight excluding hydrogens is 553 g/mol. The first-order chi connectivity index (χ1) is 18.7. The number of amides is 1. The van der Waals surface area contributed by atoms with Gasteiger partial charge in [0.25, 0.3) is 5.91 Å². The van der Waals surface area contributed by atoms with Crippen LogP contribution in [0.1, 0.15) is 39.9 Å². The molecule has 7 nitrogen and oxygen atoms in total. The zero-order valence-corrected chi connectivity index (χ0v) is 22.4. The van der Waals surface area contributed by atoms with Gasteiger partial charge in [-0.1, -0.05) is 47.6 Å². The third-order valence-corrected chi connectivity index (χ3v) is 7.73. The minimum absolute atomic E-state index is 0.00710. The summed E-state index contributed by atoms with van der Waals surface area (Å²) in [6.07, 6.45) is -2.91. The molecule has 3 heterocycles. The second-order valence-corrected chi connectivity index (χ2v) is 10.6. The van der Waals surface area contributed by atoms with E-state index in [2.05, 4.69) is 20.2 Å². The molecule has 2 aliphatic heterocycles. The molecule has 0 atom stereocenters. The summed E-state index contributed by atoms with van der Waals surface area (Å²) in [4.78, 5) is 23.7. The highest BCUT2D eigenvalue weighted by Crippen LogP contribution is 2.34. The van der Waals surface area contributed by atoms with E-state index in [9.17, 15) is 18.0 Å². The van der Waals surface area contributed by atoms with E-state index >= 15 is 0 Å². The van der Waals surface area contributed by atoms with Crippen LogP contribution in [-0.2, 0) is 27.9 Å². The summed E-state index contributed by atoms with van der Waals surface area (Å²) in [7, 11) is 0. The van der Waals surface area contributed by atoms with Gasteiger partial charge in [-0.2, -0.15) is 13.2 Å². The van der Waals surface area contributed by atoms with Gasteiger partial charge in [0.2, 0.25) is 0 Å². The van der Waals surface area contributed by atoms with Gasteiger partial charge in [0.1, 0.15) is 11.0 Å². The van der Waals surface area contributed by atoms with E-state index < -0.39 is 17.5 Å². The van der Waals surface area contributed by atoms with Gasteiger partial charge in [-0.15, -0.1) is 0 Å². The Labute approximate surface area is 233 Å². The third kappa shape index (κ3) is 7.02. The second-order valence-electron chi connectivity index (χ2n) is 9.29. The van der Waals surface area contributed by atoms with E-state index in [1.54, 1.807) is 24.3 Å². The van der Waals surface area contributed by atoms with Crippen molar-refractivity contribution in [2.24, 2.45) is 0 Å². The Hall–Kier alpha value is -2.86. The molecule has 39 heavy (non-hydrogen) atoms. The van der Waals surface area contributed by atoms with Crippen molar-refractivity contribution in [3.8, 4) is 0 Å². The Kier molecular flexibility index (Phi) is 8.32. The van der Waals surface area contributed by atoms with Crippen molar-refractivity contribution >= 4 is 35.1 Å². The number of hydrogen-bond donors (Lipinski definition) is 1. The predicted octanol–water partition coefficient (Wildman–Crippen LogP) is 5.71. The summed E-state index contributed by atoms with van der Waals surface area (Å²) in [5, 5.41) is 3.58. The fourth-order valence-electron chi connectivity index (χ4n) is 4.52. The largest absolute Gasteiger partial charge is 0.416 e. The van der Waals surface area contributed by atoms with Crippen LogP contribution < -0.4 is 10.2 Å². The van der Waals surface area contributed by atoms with Crippen molar-refractivity contribution in [2.75, 3.05) is 31.2 Å². The molecule has 2 saturated heterocycles. The highest BCUT2D eigenvalue weighted by atomic mass is 35.5. The first kappa shape index (κ1) is 27.7. The number of piperidine rings is 1. The van der Waals surface area contributed by atoms with Gasteiger partial charge in [0.15, 0.2) is 10.9 Å². The molecule has 2 aromatic carbocycles.